The summed E-state index contributed by atoms with van der Waals surface area (Å²) in [5.74, 6) is -1.25. The molecule has 0 aliphatic heterocycles. The summed E-state index contributed by atoms with van der Waals surface area (Å²) >= 11 is 0. The fourth-order valence-electron chi connectivity index (χ4n) is 3.47. The van der Waals surface area contributed by atoms with Crippen molar-refractivity contribution in [2.45, 2.75) is 24.4 Å². The van der Waals surface area contributed by atoms with Gasteiger partial charge in [0.15, 0.2) is 15.7 Å². The number of ether oxygens (including phenoxy) is 1. The van der Waals surface area contributed by atoms with Crippen molar-refractivity contribution in [2.24, 2.45) is 0 Å². The summed E-state index contributed by atoms with van der Waals surface area (Å²) in [6.45, 7) is 1.35. The SMILES string of the molecule is CCS(=O)(=O)c1cc(-c2ccc(OC(F)(F)F)cc2)cnc1-n1ncc2cc(C(F)(F)F)ccc2c1=O. The Morgan fingerprint density at radius 1 is 0.919 bits per heavy atom. The normalized spacial score (nSPS) is 12.6. The number of benzene rings is 2. The molecule has 37 heavy (non-hydrogen) atoms. The van der Waals surface area contributed by atoms with Crippen molar-refractivity contribution >= 4 is 20.6 Å². The van der Waals surface area contributed by atoms with Crippen LogP contribution >= 0.6 is 0 Å². The minimum atomic E-state index is -4.89. The number of alkyl halides is 6. The van der Waals surface area contributed by atoms with E-state index in [1.807, 2.05) is 0 Å². The van der Waals surface area contributed by atoms with Crippen molar-refractivity contribution in [3.63, 3.8) is 0 Å². The Morgan fingerprint density at radius 2 is 1.59 bits per heavy atom. The monoisotopic (exact) mass is 543 g/mol. The van der Waals surface area contributed by atoms with Crippen LogP contribution in [0.25, 0.3) is 27.7 Å². The Hall–Kier alpha value is -3.94. The number of halogens is 6. The van der Waals surface area contributed by atoms with E-state index < -0.39 is 44.1 Å². The third-order valence-corrected chi connectivity index (χ3v) is 7.01. The Labute approximate surface area is 204 Å². The van der Waals surface area contributed by atoms with E-state index in [9.17, 15) is 39.6 Å². The maximum Gasteiger partial charge on any atom is 0.573 e. The molecular formula is C23H15F6N3O4S. The van der Waals surface area contributed by atoms with Gasteiger partial charge in [0.1, 0.15) is 10.6 Å². The molecule has 194 valence electrons. The number of pyridine rings is 1. The summed E-state index contributed by atoms with van der Waals surface area (Å²) in [7, 11) is -4.02. The van der Waals surface area contributed by atoms with E-state index in [0.717, 1.165) is 36.5 Å². The standard InChI is InChI=1S/C23H15F6N3O4S/c1-2-37(34,35)19-10-14(13-3-6-17(7-4-13)36-23(27,28)29)11-30-20(19)32-21(33)18-8-5-16(22(24,25)26)9-15(18)12-31-32/h3-12H,2H2,1H3. The average molecular weight is 543 g/mol. The summed E-state index contributed by atoms with van der Waals surface area (Å²) < 4.78 is 107. The van der Waals surface area contributed by atoms with Crippen LogP contribution in [0, 0.1) is 0 Å². The van der Waals surface area contributed by atoms with Gasteiger partial charge in [-0.15, -0.1) is 13.2 Å². The molecule has 2 heterocycles. The molecule has 0 unspecified atom stereocenters. The van der Waals surface area contributed by atoms with Crippen molar-refractivity contribution in [2.75, 3.05) is 5.75 Å². The van der Waals surface area contributed by atoms with Gasteiger partial charge in [-0.05, 0) is 42.0 Å². The van der Waals surface area contributed by atoms with E-state index in [1.165, 1.54) is 31.3 Å². The van der Waals surface area contributed by atoms with Crippen molar-refractivity contribution < 1.29 is 39.5 Å². The highest BCUT2D eigenvalue weighted by Gasteiger charge is 2.32. The smallest absolute Gasteiger partial charge is 0.406 e. The highest BCUT2D eigenvalue weighted by molar-refractivity contribution is 7.91. The maximum atomic E-state index is 13.0. The number of fused-ring (bicyclic) bond motifs is 1. The fourth-order valence-corrected chi connectivity index (χ4v) is 4.50. The lowest BCUT2D eigenvalue weighted by Gasteiger charge is -2.13. The first-order valence-corrected chi connectivity index (χ1v) is 12.0. The second-order valence-electron chi connectivity index (χ2n) is 7.68. The van der Waals surface area contributed by atoms with E-state index in [0.29, 0.717) is 10.2 Å². The van der Waals surface area contributed by atoms with Gasteiger partial charge in [-0.1, -0.05) is 19.1 Å². The second kappa shape index (κ2) is 9.18. The summed E-state index contributed by atoms with van der Waals surface area (Å²) in [4.78, 5) is 16.7. The van der Waals surface area contributed by atoms with E-state index in [2.05, 4.69) is 14.8 Å². The zero-order valence-electron chi connectivity index (χ0n) is 18.6. The molecule has 0 radical (unpaired) electrons. The summed E-state index contributed by atoms with van der Waals surface area (Å²) in [6, 6.07) is 8.22. The zero-order valence-corrected chi connectivity index (χ0v) is 19.4. The number of hydrogen-bond acceptors (Lipinski definition) is 6. The van der Waals surface area contributed by atoms with Gasteiger partial charge >= 0.3 is 12.5 Å². The third-order valence-electron chi connectivity index (χ3n) is 5.28. The average Bonchev–Trinajstić information content (AvgIpc) is 2.83. The van der Waals surface area contributed by atoms with Gasteiger partial charge in [-0.3, -0.25) is 4.79 Å². The van der Waals surface area contributed by atoms with Crippen molar-refractivity contribution in [1.82, 2.24) is 14.8 Å². The summed E-state index contributed by atoms with van der Waals surface area (Å²) in [6.07, 6.45) is -7.35. The Morgan fingerprint density at radius 3 is 2.19 bits per heavy atom. The molecule has 14 heteroatoms. The first-order valence-electron chi connectivity index (χ1n) is 10.4. The van der Waals surface area contributed by atoms with Crippen LogP contribution in [-0.4, -0.2) is 35.3 Å². The fraction of sp³-hybridized carbons (Fsp3) is 0.174. The highest BCUT2D eigenvalue weighted by Crippen LogP contribution is 2.32. The number of aromatic nitrogens is 3. The highest BCUT2D eigenvalue weighted by atomic mass is 32.2. The number of nitrogens with zero attached hydrogens (tertiary/aromatic N) is 3. The Bertz CT molecular complexity index is 1650. The molecule has 0 spiro atoms. The largest absolute Gasteiger partial charge is 0.573 e. The summed E-state index contributed by atoms with van der Waals surface area (Å²) in [5.41, 5.74) is -1.37. The van der Waals surface area contributed by atoms with Gasteiger partial charge in [0, 0.05) is 17.1 Å². The van der Waals surface area contributed by atoms with Crippen LogP contribution in [-0.2, 0) is 16.0 Å². The molecule has 0 aliphatic carbocycles. The number of hydrogen-bond donors (Lipinski definition) is 0. The Balaban J connectivity index is 1.84. The lowest BCUT2D eigenvalue weighted by atomic mass is 10.1. The molecule has 7 nitrogen and oxygen atoms in total. The van der Waals surface area contributed by atoms with E-state index in [4.69, 9.17) is 0 Å². The molecule has 0 N–H and O–H groups in total. The van der Waals surface area contributed by atoms with Crippen LogP contribution in [0.4, 0.5) is 26.3 Å². The van der Waals surface area contributed by atoms with Crippen molar-refractivity contribution in [3.8, 4) is 22.7 Å². The van der Waals surface area contributed by atoms with Crippen LogP contribution < -0.4 is 10.3 Å². The zero-order chi connectivity index (χ0) is 27.2. The quantitative estimate of drug-likeness (QED) is 0.323. The molecule has 0 saturated carbocycles. The van der Waals surface area contributed by atoms with Crippen molar-refractivity contribution in [1.29, 1.82) is 0 Å². The predicted octanol–water partition coefficient (Wildman–Crippen LogP) is 5.16. The van der Waals surface area contributed by atoms with Gasteiger partial charge in [0.2, 0.25) is 0 Å². The molecule has 0 saturated heterocycles. The third kappa shape index (κ3) is 5.43. The molecule has 2 aromatic heterocycles. The molecule has 0 fully saturated rings. The van der Waals surface area contributed by atoms with Gasteiger partial charge in [0.05, 0.1) is 22.9 Å². The van der Waals surface area contributed by atoms with Crippen LogP contribution in [0.1, 0.15) is 12.5 Å². The molecule has 4 rings (SSSR count). The van der Waals surface area contributed by atoms with Gasteiger partial charge in [-0.2, -0.15) is 23.0 Å². The molecular weight excluding hydrogens is 528 g/mol. The maximum absolute atomic E-state index is 13.0. The molecule has 4 aromatic rings. The number of sulfone groups is 1. The lowest BCUT2D eigenvalue weighted by molar-refractivity contribution is -0.274. The van der Waals surface area contributed by atoms with E-state index >= 15 is 0 Å². The minimum Gasteiger partial charge on any atom is -0.406 e. The first kappa shape index (κ1) is 26.1. The number of rotatable bonds is 5. The van der Waals surface area contributed by atoms with Gasteiger partial charge < -0.3 is 4.74 Å². The van der Waals surface area contributed by atoms with Crippen molar-refractivity contribution in [3.05, 3.63) is 76.8 Å². The lowest BCUT2D eigenvalue weighted by Crippen LogP contribution is -2.24. The molecule has 0 amide bonds. The van der Waals surface area contributed by atoms with Gasteiger partial charge in [0.25, 0.3) is 5.56 Å². The second-order valence-corrected chi connectivity index (χ2v) is 9.93. The topological polar surface area (TPSA) is 91.2 Å². The van der Waals surface area contributed by atoms with Crippen LogP contribution in [0.5, 0.6) is 5.75 Å². The van der Waals surface area contributed by atoms with E-state index in [-0.39, 0.29) is 27.9 Å². The first-order chi connectivity index (χ1) is 17.2. The molecule has 2 aromatic carbocycles. The molecule has 0 atom stereocenters. The minimum absolute atomic E-state index is 0.103. The Kier molecular flexibility index (Phi) is 6.48. The van der Waals surface area contributed by atoms with Crippen LogP contribution in [0.2, 0.25) is 0 Å². The van der Waals surface area contributed by atoms with Crippen LogP contribution in [0.15, 0.2) is 70.6 Å². The predicted molar refractivity (Wildman–Crippen MR) is 120 cm³/mol. The van der Waals surface area contributed by atoms with Crippen LogP contribution in [0.3, 0.4) is 0 Å². The summed E-state index contributed by atoms with van der Waals surface area (Å²) in [5, 5.41) is 3.60. The van der Waals surface area contributed by atoms with Gasteiger partial charge in [-0.25, -0.2) is 13.4 Å². The van der Waals surface area contributed by atoms with E-state index in [1.54, 1.807) is 0 Å². The molecule has 0 aliphatic rings. The molecule has 0 bridgehead atoms.